The number of aromatic nitrogens is 2. The third-order valence-electron chi connectivity index (χ3n) is 5.14. The van der Waals surface area contributed by atoms with Gasteiger partial charge in [0.15, 0.2) is 5.96 Å². The predicted octanol–water partition coefficient (Wildman–Crippen LogP) is 3.15. The van der Waals surface area contributed by atoms with Crippen molar-refractivity contribution in [1.29, 1.82) is 0 Å². The summed E-state index contributed by atoms with van der Waals surface area (Å²) in [5.74, 6) is 2.90. The van der Waals surface area contributed by atoms with Gasteiger partial charge in [0.1, 0.15) is 0 Å². The molecule has 2 aliphatic rings. The van der Waals surface area contributed by atoms with Crippen LogP contribution in [0.25, 0.3) is 0 Å². The number of guanidine groups is 1. The maximum atomic E-state index is 4.76. The van der Waals surface area contributed by atoms with Crippen LogP contribution >= 0.6 is 11.8 Å². The first-order valence-corrected chi connectivity index (χ1v) is 10.3. The Bertz CT molecular complexity index is 547. The van der Waals surface area contributed by atoms with Crippen LogP contribution in [0.15, 0.2) is 17.3 Å². The molecule has 5 nitrogen and oxygen atoms in total. The maximum absolute atomic E-state index is 4.76. The van der Waals surface area contributed by atoms with Gasteiger partial charge in [-0.1, -0.05) is 26.7 Å². The summed E-state index contributed by atoms with van der Waals surface area (Å²) in [4.78, 5) is 6.89. The van der Waals surface area contributed by atoms with Gasteiger partial charge in [-0.15, -0.1) is 0 Å². The highest BCUT2D eigenvalue weighted by atomic mass is 32.2. The lowest BCUT2D eigenvalue weighted by Crippen LogP contribution is -2.48. The summed E-state index contributed by atoms with van der Waals surface area (Å²) in [6, 6.07) is 2.76. The van der Waals surface area contributed by atoms with E-state index in [9.17, 15) is 0 Å². The normalized spacial score (nSPS) is 23.2. The van der Waals surface area contributed by atoms with Gasteiger partial charge in [0, 0.05) is 37.3 Å². The Morgan fingerprint density at radius 3 is 2.92 bits per heavy atom. The van der Waals surface area contributed by atoms with E-state index >= 15 is 0 Å². The van der Waals surface area contributed by atoms with E-state index in [2.05, 4.69) is 57.8 Å². The molecule has 1 atom stereocenters. The van der Waals surface area contributed by atoms with Crippen molar-refractivity contribution < 1.29 is 0 Å². The summed E-state index contributed by atoms with van der Waals surface area (Å²) in [7, 11) is 1.88. The van der Waals surface area contributed by atoms with Crippen LogP contribution < -0.4 is 5.32 Å². The number of nitrogens with zero attached hydrogens (tertiary/aromatic N) is 4. The fourth-order valence-electron chi connectivity index (χ4n) is 3.62. The first-order valence-electron chi connectivity index (χ1n) is 9.28. The molecule has 134 valence electrons. The Morgan fingerprint density at radius 1 is 1.42 bits per heavy atom. The monoisotopic (exact) mass is 349 g/mol. The van der Waals surface area contributed by atoms with Gasteiger partial charge in [-0.05, 0) is 24.8 Å². The summed E-state index contributed by atoms with van der Waals surface area (Å²) in [5, 5.41) is 8.97. The largest absolute Gasteiger partial charge is 0.351 e. The van der Waals surface area contributed by atoms with Crippen molar-refractivity contribution in [3.05, 3.63) is 18.0 Å². The number of aliphatic imine (C=N–C) groups is 1. The zero-order valence-corrected chi connectivity index (χ0v) is 16.1. The van der Waals surface area contributed by atoms with E-state index in [1.807, 2.05) is 7.05 Å². The smallest absolute Gasteiger partial charge is 0.194 e. The minimum Gasteiger partial charge on any atom is -0.351 e. The van der Waals surface area contributed by atoms with Crippen LogP contribution in [0, 0.1) is 5.92 Å². The van der Waals surface area contributed by atoms with E-state index in [1.165, 1.54) is 31.4 Å². The molecule has 0 bridgehead atoms. The zero-order chi connectivity index (χ0) is 16.9. The Morgan fingerprint density at radius 2 is 2.21 bits per heavy atom. The maximum Gasteiger partial charge on any atom is 0.194 e. The third kappa shape index (κ3) is 4.26. The summed E-state index contributed by atoms with van der Waals surface area (Å²) < 4.78 is 2.17. The second kappa shape index (κ2) is 8.28. The molecule has 0 spiro atoms. The van der Waals surface area contributed by atoms with Gasteiger partial charge >= 0.3 is 0 Å². The Labute approximate surface area is 150 Å². The molecule has 6 heteroatoms. The highest BCUT2D eigenvalue weighted by molar-refractivity contribution is 8.00. The standard InChI is InChI=1S/C18H31N5S/c1-14(2)17-13-22(10-11-24-17)18(19-3)20-12-15-8-9-23(21-15)16-6-4-5-7-16/h8-9,14,16-17H,4-7,10-13H2,1-3H3,(H,19,20). The minimum atomic E-state index is 0.615. The van der Waals surface area contributed by atoms with Gasteiger partial charge in [-0.3, -0.25) is 9.67 Å². The second-order valence-electron chi connectivity index (χ2n) is 7.23. The average molecular weight is 350 g/mol. The van der Waals surface area contributed by atoms with Crippen LogP contribution in [-0.2, 0) is 6.54 Å². The molecule has 1 unspecified atom stereocenters. The molecule has 1 aliphatic heterocycles. The summed E-state index contributed by atoms with van der Waals surface area (Å²) >= 11 is 2.09. The van der Waals surface area contributed by atoms with Crippen LogP contribution in [0.1, 0.15) is 51.3 Å². The number of nitrogens with one attached hydrogen (secondary N) is 1. The molecule has 0 amide bonds. The molecule has 3 rings (SSSR count). The quantitative estimate of drug-likeness (QED) is 0.670. The van der Waals surface area contributed by atoms with E-state index in [0.29, 0.717) is 17.2 Å². The van der Waals surface area contributed by atoms with E-state index in [-0.39, 0.29) is 0 Å². The SMILES string of the molecule is CN=C(NCc1ccn(C2CCCC2)n1)N1CCSC(C(C)C)C1. The van der Waals surface area contributed by atoms with Gasteiger partial charge in [0.05, 0.1) is 18.3 Å². The molecule has 1 saturated heterocycles. The van der Waals surface area contributed by atoms with E-state index < -0.39 is 0 Å². The van der Waals surface area contributed by atoms with E-state index in [1.54, 1.807) is 0 Å². The summed E-state index contributed by atoms with van der Waals surface area (Å²) in [5.41, 5.74) is 1.11. The molecule has 1 aliphatic carbocycles. The van der Waals surface area contributed by atoms with Crippen molar-refractivity contribution in [2.45, 2.75) is 57.4 Å². The molecular formula is C18H31N5S. The van der Waals surface area contributed by atoms with Crippen LogP contribution in [-0.4, -0.2) is 51.8 Å². The first-order chi connectivity index (χ1) is 11.7. The molecular weight excluding hydrogens is 318 g/mol. The average Bonchev–Trinajstić information content (AvgIpc) is 3.27. The van der Waals surface area contributed by atoms with Gasteiger partial charge in [-0.25, -0.2) is 0 Å². The van der Waals surface area contributed by atoms with Crippen molar-refractivity contribution in [1.82, 2.24) is 20.0 Å². The van der Waals surface area contributed by atoms with Gasteiger partial charge in [0.25, 0.3) is 0 Å². The number of rotatable bonds is 4. The minimum absolute atomic E-state index is 0.615. The lowest BCUT2D eigenvalue weighted by Gasteiger charge is -2.36. The molecule has 0 radical (unpaired) electrons. The van der Waals surface area contributed by atoms with Crippen LogP contribution in [0.5, 0.6) is 0 Å². The van der Waals surface area contributed by atoms with Crippen molar-refractivity contribution >= 4 is 17.7 Å². The van der Waals surface area contributed by atoms with Crippen LogP contribution in [0.3, 0.4) is 0 Å². The van der Waals surface area contributed by atoms with Crippen LogP contribution in [0.2, 0.25) is 0 Å². The molecule has 1 saturated carbocycles. The molecule has 1 N–H and O–H groups in total. The summed E-state index contributed by atoms with van der Waals surface area (Å²) in [6.45, 7) is 7.53. The Hall–Kier alpha value is -1.17. The van der Waals surface area contributed by atoms with Gasteiger partial charge < -0.3 is 10.2 Å². The Balaban J connectivity index is 1.54. The lowest BCUT2D eigenvalue weighted by molar-refractivity contribution is 0.380. The van der Waals surface area contributed by atoms with E-state index in [4.69, 9.17) is 5.10 Å². The molecule has 1 aromatic rings. The Kier molecular flexibility index (Phi) is 6.09. The van der Waals surface area contributed by atoms with Gasteiger partial charge in [-0.2, -0.15) is 16.9 Å². The van der Waals surface area contributed by atoms with Crippen molar-refractivity contribution in [2.75, 3.05) is 25.9 Å². The highest BCUT2D eigenvalue weighted by Gasteiger charge is 2.25. The second-order valence-corrected chi connectivity index (χ2v) is 8.57. The zero-order valence-electron chi connectivity index (χ0n) is 15.2. The van der Waals surface area contributed by atoms with Crippen LogP contribution in [0.4, 0.5) is 0 Å². The van der Waals surface area contributed by atoms with E-state index in [0.717, 1.165) is 31.3 Å². The van der Waals surface area contributed by atoms with Crippen molar-refractivity contribution in [3.63, 3.8) is 0 Å². The number of hydrogen-bond donors (Lipinski definition) is 1. The topological polar surface area (TPSA) is 45.5 Å². The highest BCUT2D eigenvalue weighted by Crippen LogP contribution is 2.28. The van der Waals surface area contributed by atoms with Crippen molar-refractivity contribution in [2.24, 2.45) is 10.9 Å². The molecule has 24 heavy (non-hydrogen) atoms. The molecule has 2 fully saturated rings. The fraction of sp³-hybridized carbons (Fsp3) is 0.778. The predicted molar refractivity (Wildman–Crippen MR) is 103 cm³/mol. The third-order valence-corrected chi connectivity index (χ3v) is 6.68. The summed E-state index contributed by atoms with van der Waals surface area (Å²) in [6.07, 6.45) is 7.38. The lowest BCUT2D eigenvalue weighted by atomic mass is 10.1. The molecule has 0 aromatic carbocycles. The first kappa shape index (κ1) is 17.6. The van der Waals surface area contributed by atoms with Gasteiger partial charge in [0.2, 0.25) is 0 Å². The number of hydrogen-bond acceptors (Lipinski definition) is 3. The van der Waals surface area contributed by atoms with Crippen molar-refractivity contribution in [3.8, 4) is 0 Å². The number of thioether (sulfide) groups is 1. The molecule has 2 heterocycles. The molecule has 1 aromatic heterocycles. The fourth-order valence-corrected chi connectivity index (χ4v) is 4.92.